The molecule has 1 aromatic rings. The number of non-ortho nitro benzene ring substituents is 1. The summed E-state index contributed by atoms with van der Waals surface area (Å²) in [7, 11) is 0. The monoisotopic (exact) mass is 223 g/mol. The van der Waals surface area contributed by atoms with Crippen LogP contribution in [0.2, 0.25) is 0 Å². The van der Waals surface area contributed by atoms with E-state index in [1.54, 1.807) is 0 Å². The summed E-state index contributed by atoms with van der Waals surface area (Å²) in [4.78, 5) is 12.4. The van der Waals surface area contributed by atoms with Gasteiger partial charge in [0.2, 0.25) is 0 Å². The molecular weight excluding hydrogens is 218 g/mol. The zero-order valence-electron chi connectivity index (χ0n) is 7.32. The van der Waals surface area contributed by atoms with Gasteiger partial charge in [0, 0.05) is 28.3 Å². The molecule has 0 unspecified atom stereocenters. The highest BCUT2D eigenvalue weighted by atomic mass is 32.1. The van der Waals surface area contributed by atoms with Gasteiger partial charge in [-0.3, -0.25) is 10.1 Å². The highest BCUT2D eigenvalue weighted by Crippen LogP contribution is 2.24. The molecule has 0 heterocycles. The van der Waals surface area contributed by atoms with Gasteiger partial charge in [-0.05, 0) is 11.6 Å². The summed E-state index contributed by atoms with van der Waals surface area (Å²) in [5.74, 6) is 0. The number of nitrogens with two attached hydrogens (primary N) is 1. The minimum absolute atomic E-state index is 0.0545. The van der Waals surface area contributed by atoms with Crippen LogP contribution in [-0.4, -0.2) is 9.91 Å². The molecule has 0 saturated heterocycles. The lowest BCUT2D eigenvalue weighted by molar-refractivity contribution is -0.384. The Morgan fingerprint density at radius 2 is 2.33 bits per heavy atom. The standard InChI is InChI=1S/C7H5N5O2S/c8-7(15)5-3-4(12(13)14)1-2-6(5)10-11-9/h1-3H,(H2,8,15). The fourth-order valence-corrected chi connectivity index (χ4v) is 1.13. The van der Waals surface area contributed by atoms with E-state index >= 15 is 0 Å². The Bertz CT molecular complexity index is 480. The summed E-state index contributed by atoms with van der Waals surface area (Å²) in [6.07, 6.45) is 0. The maximum atomic E-state index is 10.5. The number of nitro benzene ring substituents is 1. The quantitative estimate of drug-likeness (QED) is 0.211. The van der Waals surface area contributed by atoms with Crippen LogP contribution in [0.5, 0.6) is 0 Å². The van der Waals surface area contributed by atoms with E-state index < -0.39 is 4.92 Å². The molecule has 0 spiro atoms. The van der Waals surface area contributed by atoms with Crippen LogP contribution in [0.1, 0.15) is 5.56 Å². The average molecular weight is 223 g/mol. The second-order valence-electron chi connectivity index (χ2n) is 2.51. The number of nitrogens with zero attached hydrogens (tertiary/aromatic N) is 4. The van der Waals surface area contributed by atoms with E-state index in [2.05, 4.69) is 22.2 Å². The second kappa shape index (κ2) is 4.36. The number of rotatable bonds is 3. The Morgan fingerprint density at radius 1 is 1.67 bits per heavy atom. The molecule has 0 aliphatic heterocycles. The van der Waals surface area contributed by atoms with Crippen molar-refractivity contribution in [1.82, 2.24) is 0 Å². The third kappa shape index (κ3) is 2.39. The summed E-state index contributed by atoms with van der Waals surface area (Å²) >= 11 is 4.68. The molecule has 0 atom stereocenters. The molecular formula is C7H5N5O2S. The van der Waals surface area contributed by atoms with E-state index in [-0.39, 0.29) is 21.9 Å². The first kappa shape index (κ1) is 10.9. The topological polar surface area (TPSA) is 118 Å². The Labute approximate surface area is 89.3 Å². The van der Waals surface area contributed by atoms with Gasteiger partial charge in [0.15, 0.2) is 0 Å². The second-order valence-corrected chi connectivity index (χ2v) is 2.95. The lowest BCUT2D eigenvalue weighted by Crippen LogP contribution is -2.09. The van der Waals surface area contributed by atoms with Crippen LogP contribution >= 0.6 is 12.2 Å². The maximum Gasteiger partial charge on any atom is 0.270 e. The summed E-state index contributed by atoms with van der Waals surface area (Å²) in [6.45, 7) is 0. The minimum Gasteiger partial charge on any atom is -0.389 e. The van der Waals surface area contributed by atoms with Gasteiger partial charge in [0.25, 0.3) is 5.69 Å². The van der Waals surface area contributed by atoms with Crippen LogP contribution in [0.15, 0.2) is 23.3 Å². The molecule has 0 radical (unpaired) electrons. The van der Waals surface area contributed by atoms with Gasteiger partial charge in [-0.15, -0.1) is 0 Å². The van der Waals surface area contributed by atoms with E-state index in [0.29, 0.717) is 0 Å². The third-order valence-corrected chi connectivity index (χ3v) is 1.83. The van der Waals surface area contributed by atoms with Gasteiger partial charge in [-0.1, -0.05) is 17.3 Å². The molecule has 0 fully saturated rings. The van der Waals surface area contributed by atoms with Crippen molar-refractivity contribution >= 4 is 28.6 Å². The maximum absolute atomic E-state index is 10.5. The van der Waals surface area contributed by atoms with Crippen LogP contribution in [0.3, 0.4) is 0 Å². The Balaban J connectivity index is 3.39. The predicted molar refractivity (Wildman–Crippen MR) is 57.8 cm³/mol. The molecule has 2 N–H and O–H groups in total. The van der Waals surface area contributed by atoms with E-state index in [4.69, 9.17) is 11.3 Å². The molecule has 1 aromatic carbocycles. The molecule has 0 aliphatic carbocycles. The molecule has 0 amide bonds. The molecule has 76 valence electrons. The first-order valence-electron chi connectivity index (χ1n) is 3.69. The number of nitro groups is 1. The summed E-state index contributed by atoms with van der Waals surface area (Å²) in [6, 6.07) is 3.68. The largest absolute Gasteiger partial charge is 0.389 e. The first-order chi connectivity index (χ1) is 7.06. The van der Waals surface area contributed by atoms with E-state index in [9.17, 15) is 10.1 Å². The van der Waals surface area contributed by atoms with Crippen LogP contribution in [-0.2, 0) is 0 Å². The van der Waals surface area contributed by atoms with Crippen LogP contribution < -0.4 is 5.73 Å². The van der Waals surface area contributed by atoms with E-state index in [1.807, 2.05) is 0 Å². The lowest BCUT2D eigenvalue weighted by atomic mass is 10.1. The number of hydrogen-bond acceptors (Lipinski definition) is 4. The smallest absolute Gasteiger partial charge is 0.270 e. The molecule has 0 saturated carbocycles. The van der Waals surface area contributed by atoms with Crippen LogP contribution in [0, 0.1) is 10.1 Å². The van der Waals surface area contributed by atoms with Crippen molar-refractivity contribution in [3.05, 3.63) is 44.3 Å². The summed E-state index contributed by atoms with van der Waals surface area (Å²) < 4.78 is 0. The van der Waals surface area contributed by atoms with Gasteiger partial charge < -0.3 is 5.73 Å². The van der Waals surface area contributed by atoms with Crippen molar-refractivity contribution in [3.8, 4) is 0 Å². The Morgan fingerprint density at radius 3 is 2.80 bits per heavy atom. The molecule has 0 bridgehead atoms. The van der Waals surface area contributed by atoms with E-state index in [0.717, 1.165) is 0 Å². The van der Waals surface area contributed by atoms with Crippen molar-refractivity contribution in [2.75, 3.05) is 0 Å². The Kier molecular flexibility index (Phi) is 3.17. The number of azide groups is 1. The van der Waals surface area contributed by atoms with Crippen molar-refractivity contribution in [1.29, 1.82) is 0 Å². The number of hydrogen-bond donors (Lipinski definition) is 1. The first-order valence-corrected chi connectivity index (χ1v) is 4.10. The van der Waals surface area contributed by atoms with Crippen molar-refractivity contribution in [2.24, 2.45) is 10.8 Å². The van der Waals surface area contributed by atoms with Gasteiger partial charge in [-0.25, -0.2) is 0 Å². The highest BCUT2D eigenvalue weighted by Gasteiger charge is 2.11. The fourth-order valence-electron chi connectivity index (χ4n) is 0.970. The number of benzene rings is 1. The molecule has 15 heavy (non-hydrogen) atoms. The van der Waals surface area contributed by atoms with Gasteiger partial charge in [-0.2, -0.15) is 0 Å². The molecule has 0 aromatic heterocycles. The number of thiocarbonyl (C=S) groups is 1. The average Bonchev–Trinajstić information content (AvgIpc) is 2.18. The van der Waals surface area contributed by atoms with Crippen LogP contribution in [0.4, 0.5) is 11.4 Å². The zero-order chi connectivity index (χ0) is 11.4. The predicted octanol–water partition coefficient (Wildman–Crippen LogP) is 2.17. The SMILES string of the molecule is [N-]=[N+]=Nc1ccc([N+](=O)[O-])cc1C(N)=S. The third-order valence-electron chi connectivity index (χ3n) is 1.61. The highest BCUT2D eigenvalue weighted by molar-refractivity contribution is 7.80. The molecule has 7 nitrogen and oxygen atoms in total. The van der Waals surface area contributed by atoms with Crippen LogP contribution in [0.25, 0.3) is 10.4 Å². The van der Waals surface area contributed by atoms with Crippen molar-refractivity contribution < 1.29 is 4.92 Å². The zero-order valence-corrected chi connectivity index (χ0v) is 8.14. The molecule has 8 heteroatoms. The van der Waals surface area contributed by atoms with Gasteiger partial charge in [0.1, 0.15) is 4.99 Å². The van der Waals surface area contributed by atoms with Gasteiger partial charge in [0.05, 0.1) is 4.92 Å². The normalized spacial score (nSPS) is 9.07. The Hall–Kier alpha value is -2.18. The minimum atomic E-state index is -0.582. The summed E-state index contributed by atoms with van der Waals surface area (Å²) in [5.41, 5.74) is 13.8. The summed E-state index contributed by atoms with van der Waals surface area (Å²) in [5, 5.41) is 13.8. The molecule has 1 rings (SSSR count). The van der Waals surface area contributed by atoms with Gasteiger partial charge >= 0.3 is 0 Å². The molecule has 0 aliphatic rings. The van der Waals surface area contributed by atoms with E-state index in [1.165, 1.54) is 18.2 Å². The van der Waals surface area contributed by atoms with Crippen molar-refractivity contribution in [3.63, 3.8) is 0 Å². The lowest BCUT2D eigenvalue weighted by Gasteiger charge is -2.01. The van der Waals surface area contributed by atoms with Crippen molar-refractivity contribution in [2.45, 2.75) is 0 Å². The fraction of sp³-hybridized carbons (Fsp3) is 0.